The first-order chi connectivity index (χ1) is 8.54. The van der Waals surface area contributed by atoms with Gasteiger partial charge in [0.05, 0.1) is 12.1 Å². The maximum absolute atomic E-state index is 11.7. The van der Waals surface area contributed by atoms with Crippen molar-refractivity contribution in [1.82, 2.24) is 0 Å². The number of nitrogens with zero attached hydrogens (tertiary/aromatic N) is 1. The minimum absolute atomic E-state index is 0.0698. The van der Waals surface area contributed by atoms with E-state index in [4.69, 9.17) is 16.3 Å². The second kappa shape index (κ2) is 5.19. The first kappa shape index (κ1) is 13.2. The Labute approximate surface area is 113 Å². The third-order valence-electron chi connectivity index (χ3n) is 3.79. The molecule has 2 unspecified atom stereocenters. The zero-order valence-corrected chi connectivity index (χ0v) is 11.7. The molecule has 2 atom stereocenters. The lowest BCUT2D eigenvalue weighted by atomic mass is 9.90. The third-order valence-corrected chi connectivity index (χ3v) is 4.10. The predicted octanol–water partition coefficient (Wildman–Crippen LogP) is 3.15. The molecule has 0 aromatic heterocycles. The normalized spacial score (nSPS) is 24.2. The molecular formula is C14H18ClNO2. The highest BCUT2D eigenvalue weighted by molar-refractivity contribution is 6.32. The summed E-state index contributed by atoms with van der Waals surface area (Å²) in [5.41, 5.74) is 1.06. The number of hydrogen-bond donors (Lipinski definition) is 0. The lowest BCUT2D eigenvalue weighted by Gasteiger charge is -2.38. The zero-order valence-electron chi connectivity index (χ0n) is 10.9. The Morgan fingerprint density at radius 1 is 1.39 bits per heavy atom. The lowest BCUT2D eigenvalue weighted by molar-refractivity contribution is -0.123. The van der Waals surface area contributed by atoms with E-state index >= 15 is 0 Å². The van der Waals surface area contributed by atoms with Crippen LogP contribution in [0.15, 0.2) is 18.2 Å². The second-order valence-electron chi connectivity index (χ2n) is 4.76. The van der Waals surface area contributed by atoms with E-state index in [0.717, 1.165) is 12.2 Å². The van der Waals surface area contributed by atoms with Crippen LogP contribution in [0.25, 0.3) is 0 Å². The summed E-state index contributed by atoms with van der Waals surface area (Å²) in [5, 5.41) is 0.607. The molecule has 0 amide bonds. The molecule has 1 aliphatic heterocycles. The summed E-state index contributed by atoms with van der Waals surface area (Å²) in [6, 6.07) is 5.95. The van der Waals surface area contributed by atoms with E-state index in [1.165, 1.54) is 0 Å². The van der Waals surface area contributed by atoms with Gasteiger partial charge in [-0.25, -0.2) is 0 Å². The highest BCUT2D eigenvalue weighted by Gasteiger charge is 2.31. The second-order valence-corrected chi connectivity index (χ2v) is 5.17. The summed E-state index contributed by atoms with van der Waals surface area (Å²) in [6.45, 7) is 4.84. The van der Waals surface area contributed by atoms with Gasteiger partial charge in [-0.15, -0.1) is 0 Å². The van der Waals surface area contributed by atoms with E-state index in [2.05, 4.69) is 11.8 Å². The number of halogens is 1. The molecule has 0 bridgehead atoms. The van der Waals surface area contributed by atoms with Crippen LogP contribution in [0.1, 0.15) is 20.3 Å². The number of carbonyl (C=O) groups excluding carboxylic acids is 1. The minimum Gasteiger partial charge on any atom is -0.495 e. The molecule has 0 N–H and O–H groups in total. The fourth-order valence-electron chi connectivity index (χ4n) is 2.39. The van der Waals surface area contributed by atoms with Gasteiger partial charge in [-0.1, -0.05) is 18.5 Å². The smallest absolute Gasteiger partial charge is 0.139 e. The highest BCUT2D eigenvalue weighted by atomic mass is 35.5. The topological polar surface area (TPSA) is 29.5 Å². The van der Waals surface area contributed by atoms with Gasteiger partial charge < -0.3 is 9.64 Å². The molecule has 1 aliphatic rings. The van der Waals surface area contributed by atoms with Gasteiger partial charge in [-0.2, -0.15) is 0 Å². The number of methoxy groups -OCH3 is 1. The molecule has 1 saturated heterocycles. The van der Waals surface area contributed by atoms with Gasteiger partial charge in [-0.05, 0) is 19.1 Å². The number of anilines is 1. The zero-order chi connectivity index (χ0) is 13.3. The number of Topliss-reactive ketones (excluding diaryl/α,β-unsaturated/α-hetero) is 1. The molecule has 3 nitrogen and oxygen atoms in total. The minimum atomic E-state index is 0.0698. The molecule has 98 valence electrons. The SMILES string of the molecule is COc1cc(N2CCC(=O)C(C)C2C)ccc1Cl. The number of ether oxygens (including phenoxy) is 1. The van der Waals surface area contributed by atoms with Crippen LogP contribution < -0.4 is 9.64 Å². The largest absolute Gasteiger partial charge is 0.495 e. The lowest BCUT2D eigenvalue weighted by Crippen LogP contribution is -2.46. The highest BCUT2D eigenvalue weighted by Crippen LogP contribution is 2.33. The van der Waals surface area contributed by atoms with Crippen LogP contribution in [0.3, 0.4) is 0 Å². The fourth-order valence-corrected chi connectivity index (χ4v) is 2.59. The van der Waals surface area contributed by atoms with E-state index in [1.54, 1.807) is 7.11 Å². The maximum atomic E-state index is 11.7. The molecule has 1 aromatic carbocycles. The molecule has 4 heteroatoms. The van der Waals surface area contributed by atoms with Gasteiger partial charge in [-0.3, -0.25) is 4.79 Å². The van der Waals surface area contributed by atoms with Crippen LogP contribution in [-0.4, -0.2) is 25.5 Å². The van der Waals surface area contributed by atoms with Crippen molar-refractivity contribution in [2.45, 2.75) is 26.3 Å². The van der Waals surface area contributed by atoms with Crippen LogP contribution in [0.5, 0.6) is 5.75 Å². The molecular weight excluding hydrogens is 250 g/mol. The van der Waals surface area contributed by atoms with Crippen molar-refractivity contribution in [3.8, 4) is 5.75 Å². The van der Waals surface area contributed by atoms with Crippen LogP contribution in [0, 0.1) is 5.92 Å². The summed E-state index contributed by atoms with van der Waals surface area (Å²) in [6.07, 6.45) is 0.608. The molecule has 0 radical (unpaired) electrons. The average molecular weight is 268 g/mol. The first-order valence-electron chi connectivity index (χ1n) is 6.17. The number of carbonyl (C=O) groups is 1. The third kappa shape index (κ3) is 2.32. The van der Waals surface area contributed by atoms with Crippen LogP contribution >= 0.6 is 11.6 Å². The summed E-state index contributed by atoms with van der Waals surface area (Å²) < 4.78 is 5.23. The summed E-state index contributed by atoms with van der Waals surface area (Å²) in [7, 11) is 1.61. The molecule has 1 heterocycles. The number of ketones is 1. The van der Waals surface area contributed by atoms with E-state index < -0.39 is 0 Å². The van der Waals surface area contributed by atoms with Crippen molar-refractivity contribution >= 4 is 23.1 Å². The molecule has 0 spiro atoms. The molecule has 0 saturated carbocycles. The van der Waals surface area contributed by atoms with Gasteiger partial charge in [0, 0.05) is 36.7 Å². The van der Waals surface area contributed by atoms with Crippen LogP contribution in [-0.2, 0) is 4.79 Å². The number of hydrogen-bond acceptors (Lipinski definition) is 3. The molecule has 2 rings (SSSR count). The van der Waals surface area contributed by atoms with Crippen molar-refractivity contribution in [3.05, 3.63) is 23.2 Å². The monoisotopic (exact) mass is 267 g/mol. The summed E-state index contributed by atoms with van der Waals surface area (Å²) >= 11 is 6.03. The summed E-state index contributed by atoms with van der Waals surface area (Å²) in [4.78, 5) is 13.9. The Hall–Kier alpha value is -1.22. The van der Waals surface area contributed by atoms with Gasteiger partial charge >= 0.3 is 0 Å². The Bertz CT molecular complexity index is 461. The van der Waals surface area contributed by atoms with E-state index in [1.807, 2.05) is 25.1 Å². The Morgan fingerprint density at radius 3 is 2.78 bits per heavy atom. The first-order valence-corrected chi connectivity index (χ1v) is 6.55. The Balaban J connectivity index is 2.28. The molecule has 0 aliphatic carbocycles. The van der Waals surface area contributed by atoms with Crippen molar-refractivity contribution in [3.63, 3.8) is 0 Å². The molecule has 1 aromatic rings. The molecule has 1 fully saturated rings. The van der Waals surface area contributed by atoms with Gasteiger partial charge in [0.2, 0.25) is 0 Å². The van der Waals surface area contributed by atoms with Gasteiger partial charge in [0.25, 0.3) is 0 Å². The quantitative estimate of drug-likeness (QED) is 0.824. The maximum Gasteiger partial charge on any atom is 0.139 e. The summed E-state index contributed by atoms with van der Waals surface area (Å²) in [5.74, 6) is 1.09. The number of rotatable bonds is 2. The van der Waals surface area contributed by atoms with E-state index in [0.29, 0.717) is 23.0 Å². The average Bonchev–Trinajstić information content (AvgIpc) is 2.37. The van der Waals surface area contributed by atoms with Crippen molar-refractivity contribution in [2.24, 2.45) is 5.92 Å². The standard InChI is InChI=1S/C14H18ClNO2/c1-9-10(2)16(7-6-13(9)17)11-4-5-12(15)14(8-11)18-3/h4-5,8-10H,6-7H2,1-3H3. The van der Waals surface area contributed by atoms with Crippen molar-refractivity contribution in [1.29, 1.82) is 0 Å². The van der Waals surface area contributed by atoms with Gasteiger partial charge in [0.1, 0.15) is 11.5 Å². The number of piperidine rings is 1. The van der Waals surface area contributed by atoms with Crippen molar-refractivity contribution < 1.29 is 9.53 Å². The Kier molecular flexibility index (Phi) is 3.81. The Morgan fingerprint density at radius 2 is 2.11 bits per heavy atom. The van der Waals surface area contributed by atoms with Crippen LogP contribution in [0.2, 0.25) is 5.02 Å². The van der Waals surface area contributed by atoms with Gasteiger partial charge in [0.15, 0.2) is 0 Å². The van der Waals surface area contributed by atoms with Crippen LogP contribution in [0.4, 0.5) is 5.69 Å². The number of benzene rings is 1. The van der Waals surface area contributed by atoms with E-state index in [-0.39, 0.29) is 12.0 Å². The van der Waals surface area contributed by atoms with E-state index in [9.17, 15) is 4.79 Å². The molecule has 18 heavy (non-hydrogen) atoms. The fraction of sp³-hybridized carbons (Fsp3) is 0.500. The van der Waals surface area contributed by atoms with Crippen molar-refractivity contribution in [2.75, 3.05) is 18.6 Å². The predicted molar refractivity (Wildman–Crippen MR) is 73.6 cm³/mol.